The first-order chi connectivity index (χ1) is 8.06. The highest BCUT2D eigenvalue weighted by atomic mass is 19.1. The molecule has 6 heteroatoms. The van der Waals surface area contributed by atoms with Gasteiger partial charge in [-0.2, -0.15) is 5.10 Å². The molecule has 2 aromatic rings. The smallest absolute Gasteiger partial charge is 0.259 e. The number of aromatic nitrogens is 2. The Morgan fingerprint density at radius 1 is 1.47 bits per heavy atom. The van der Waals surface area contributed by atoms with Crippen LogP contribution in [0.4, 0.5) is 15.9 Å². The number of rotatable bonds is 2. The van der Waals surface area contributed by atoms with Crippen LogP contribution in [0.5, 0.6) is 0 Å². The van der Waals surface area contributed by atoms with Crippen LogP contribution in [0.3, 0.4) is 0 Å². The number of hydrogen-bond donors (Lipinski definition) is 3. The molecule has 1 amide bonds. The fourth-order valence-electron chi connectivity index (χ4n) is 1.39. The van der Waals surface area contributed by atoms with Crippen LogP contribution in [0, 0.1) is 12.7 Å². The van der Waals surface area contributed by atoms with Gasteiger partial charge in [-0.3, -0.25) is 9.89 Å². The third-order valence-electron chi connectivity index (χ3n) is 2.21. The summed E-state index contributed by atoms with van der Waals surface area (Å²) < 4.78 is 13.0. The highest BCUT2D eigenvalue weighted by Crippen LogP contribution is 2.15. The first-order valence-corrected chi connectivity index (χ1v) is 4.94. The molecule has 0 unspecified atom stereocenters. The fraction of sp³-hybridized carbons (Fsp3) is 0.0909. The summed E-state index contributed by atoms with van der Waals surface area (Å²) in [6, 6.07) is 5.29. The molecular formula is C11H11FN4O. The number of nitrogens with two attached hydrogens (primary N) is 1. The number of benzene rings is 1. The van der Waals surface area contributed by atoms with Gasteiger partial charge in [0.1, 0.15) is 5.82 Å². The summed E-state index contributed by atoms with van der Waals surface area (Å²) in [5.74, 6) is -0.632. The first-order valence-electron chi connectivity index (χ1n) is 4.94. The summed E-state index contributed by atoms with van der Waals surface area (Å²) in [6.45, 7) is 1.80. The van der Waals surface area contributed by atoms with Crippen LogP contribution in [0.1, 0.15) is 16.1 Å². The summed E-state index contributed by atoms with van der Waals surface area (Å²) in [5, 5.41) is 9.04. The average Bonchev–Trinajstić information content (AvgIpc) is 2.67. The minimum atomic E-state index is -0.512. The van der Waals surface area contributed by atoms with Gasteiger partial charge in [0.25, 0.3) is 5.91 Å². The van der Waals surface area contributed by atoms with E-state index in [4.69, 9.17) is 5.73 Å². The van der Waals surface area contributed by atoms with E-state index in [2.05, 4.69) is 15.5 Å². The number of amides is 1. The van der Waals surface area contributed by atoms with Gasteiger partial charge >= 0.3 is 0 Å². The molecule has 0 saturated carbocycles. The topological polar surface area (TPSA) is 83.8 Å². The van der Waals surface area contributed by atoms with Crippen molar-refractivity contribution in [2.24, 2.45) is 0 Å². The quantitative estimate of drug-likeness (QED) is 0.691. The number of H-pyrrole nitrogens is 1. The van der Waals surface area contributed by atoms with Crippen molar-refractivity contribution in [3.8, 4) is 0 Å². The van der Waals surface area contributed by atoms with Crippen LogP contribution in [-0.4, -0.2) is 16.1 Å². The van der Waals surface area contributed by atoms with E-state index in [1.54, 1.807) is 13.0 Å². The van der Waals surface area contributed by atoms with Crippen molar-refractivity contribution < 1.29 is 9.18 Å². The summed E-state index contributed by atoms with van der Waals surface area (Å²) in [5.41, 5.74) is 6.71. The van der Waals surface area contributed by atoms with E-state index in [1.165, 1.54) is 12.1 Å². The van der Waals surface area contributed by atoms with Crippen LogP contribution >= 0.6 is 0 Å². The monoisotopic (exact) mass is 234 g/mol. The summed E-state index contributed by atoms with van der Waals surface area (Å²) in [6.07, 6.45) is 0. The summed E-state index contributed by atoms with van der Waals surface area (Å²) in [7, 11) is 0. The van der Waals surface area contributed by atoms with Gasteiger partial charge in [0, 0.05) is 17.4 Å². The fourth-order valence-corrected chi connectivity index (χ4v) is 1.39. The molecule has 0 spiro atoms. The standard InChI is InChI=1S/C11H11FN4O/c1-6-4-10(16-15-6)14-11(17)8-5-7(12)2-3-9(8)13/h2-5H,13H2,1H3,(H2,14,15,16,17). The predicted octanol–water partition coefficient (Wildman–Crippen LogP) is 1.69. The largest absolute Gasteiger partial charge is 0.398 e. The van der Waals surface area contributed by atoms with E-state index in [9.17, 15) is 9.18 Å². The van der Waals surface area contributed by atoms with Crippen molar-refractivity contribution in [1.82, 2.24) is 10.2 Å². The second kappa shape index (κ2) is 4.25. The maximum absolute atomic E-state index is 13.0. The Bertz CT molecular complexity index is 564. The zero-order valence-corrected chi connectivity index (χ0v) is 9.12. The molecule has 1 heterocycles. The molecule has 0 bridgehead atoms. The highest BCUT2D eigenvalue weighted by molar-refractivity contribution is 6.07. The highest BCUT2D eigenvalue weighted by Gasteiger charge is 2.12. The third-order valence-corrected chi connectivity index (χ3v) is 2.21. The zero-order chi connectivity index (χ0) is 12.4. The van der Waals surface area contributed by atoms with Crippen molar-refractivity contribution in [2.45, 2.75) is 6.92 Å². The number of hydrogen-bond acceptors (Lipinski definition) is 3. The molecule has 88 valence electrons. The summed E-state index contributed by atoms with van der Waals surface area (Å²) >= 11 is 0. The second-order valence-corrected chi connectivity index (χ2v) is 3.62. The van der Waals surface area contributed by atoms with Crippen LogP contribution in [0.2, 0.25) is 0 Å². The van der Waals surface area contributed by atoms with E-state index in [0.29, 0.717) is 5.82 Å². The van der Waals surface area contributed by atoms with Crippen molar-refractivity contribution >= 4 is 17.4 Å². The number of aryl methyl sites for hydroxylation is 1. The Kier molecular flexibility index (Phi) is 2.78. The molecule has 0 aliphatic heterocycles. The number of aromatic amines is 1. The summed E-state index contributed by atoms with van der Waals surface area (Å²) in [4.78, 5) is 11.8. The van der Waals surface area contributed by atoms with Gasteiger partial charge in [-0.05, 0) is 25.1 Å². The number of carbonyl (C=O) groups excluding carboxylic acids is 1. The van der Waals surface area contributed by atoms with Gasteiger partial charge in [-0.15, -0.1) is 0 Å². The van der Waals surface area contributed by atoms with Crippen LogP contribution in [0.25, 0.3) is 0 Å². The Morgan fingerprint density at radius 2 is 2.24 bits per heavy atom. The normalized spacial score (nSPS) is 10.2. The number of halogens is 1. The van der Waals surface area contributed by atoms with Gasteiger partial charge in [-0.1, -0.05) is 0 Å². The number of anilines is 2. The van der Waals surface area contributed by atoms with Crippen molar-refractivity contribution in [2.75, 3.05) is 11.1 Å². The minimum Gasteiger partial charge on any atom is -0.398 e. The first kappa shape index (κ1) is 11.1. The molecule has 0 radical (unpaired) electrons. The molecule has 2 rings (SSSR count). The molecule has 0 aliphatic rings. The maximum atomic E-state index is 13.0. The number of nitrogens with one attached hydrogen (secondary N) is 2. The SMILES string of the molecule is Cc1cc(NC(=O)c2cc(F)ccc2N)n[nH]1. The lowest BCUT2D eigenvalue weighted by Crippen LogP contribution is -2.14. The number of carbonyl (C=O) groups is 1. The predicted molar refractivity (Wildman–Crippen MR) is 62.1 cm³/mol. The molecule has 1 aromatic heterocycles. The van der Waals surface area contributed by atoms with Crippen LogP contribution < -0.4 is 11.1 Å². The minimum absolute atomic E-state index is 0.0886. The van der Waals surface area contributed by atoms with Crippen molar-refractivity contribution in [3.63, 3.8) is 0 Å². The Morgan fingerprint density at radius 3 is 2.88 bits per heavy atom. The van der Waals surface area contributed by atoms with Crippen LogP contribution in [0.15, 0.2) is 24.3 Å². The Hall–Kier alpha value is -2.37. The molecule has 5 nitrogen and oxygen atoms in total. The molecule has 17 heavy (non-hydrogen) atoms. The lowest BCUT2D eigenvalue weighted by Gasteiger charge is -2.05. The van der Waals surface area contributed by atoms with Gasteiger partial charge in [-0.25, -0.2) is 4.39 Å². The molecule has 0 atom stereocenters. The van der Waals surface area contributed by atoms with Crippen molar-refractivity contribution in [1.29, 1.82) is 0 Å². The van der Waals surface area contributed by atoms with E-state index in [1.807, 2.05) is 0 Å². The molecule has 0 saturated heterocycles. The van der Waals surface area contributed by atoms with Gasteiger partial charge in [0.15, 0.2) is 5.82 Å². The molecule has 0 fully saturated rings. The van der Waals surface area contributed by atoms with E-state index in [-0.39, 0.29) is 11.3 Å². The van der Waals surface area contributed by atoms with Gasteiger partial charge < -0.3 is 11.1 Å². The van der Waals surface area contributed by atoms with E-state index in [0.717, 1.165) is 11.8 Å². The average molecular weight is 234 g/mol. The maximum Gasteiger partial charge on any atom is 0.259 e. The molecular weight excluding hydrogens is 223 g/mol. The third kappa shape index (κ3) is 2.41. The van der Waals surface area contributed by atoms with Gasteiger partial charge in [0.05, 0.1) is 5.56 Å². The Balaban J connectivity index is 2.22. The second-order valence-electron chi connectivity index (χ2n) is 3.62. The molecule has 1 aromatic carbocycles. The lowest BCUT2D eigenvalue weighted by atomic mass is 10.1. The van der Waals surface area contributed by atoms with E-state index >= 15 is 0 Å². The van der Waals surface area contributed by atoms with Crippen LogP contribution in [-0.2, 0) is 0 Å². The van der Waals surface area contributed by atoms with Gasteiger partial charge in [0.2, 0.25) is 0 Å². The van der Waals surface area contributed by atoms with Crippen molar-refractivity contribution in [3.05, 3.63) is 41.3 Å². The number of nitrogen functional groups attached to an aromatic ring is 1. The lowest BCUT2D eigenvalue weighted by molar-refractivity contribution is 0.102. The molecule has 0 aliphatic carbocycles. The zero-order valence-electron chi connectivity index (χ0n) is 9.12. The number of nitrogens with zero attached hydrogens (tertiary/aromatic N) is 1. The Labute approximate surface area is 96.8 Å². The van der Waals surface area contributed by atoms with E-state index < -0.39 is 11.7 Å². The molecule has 4 N–H and O–H groups in total.